The fourth-order valence-electron chi connectivity index (χ4n) is 2.46. The van der Waals surface area contributed by atoms with Gasteiger partial charge >= 0.3 is 0 Å². The number of hydrogen-bond acceptors (Lipinski definition) is 2. The summed E-state index contributed by atoms with van der Waals surface area (Å²) in [5.74, 6) is 0. The Bertz CT molecular complexity index is 536. The Balaban J connectivity index is 2.20. The SMILES string of the molecule is CCCn1nccc1C(Cc1cccc(Br)c1)NCC. The van der Waals surface area contributed by atoms with E-state index in [0.717, 1.165) is 30.4 Å². The zero-order chi connectivity index (χ0) is 14.4. The first-order chi connectivity index (χ1) is 9.74. The van der Waals surface area contributed by atoms with Crippen LogP contribution in [0.3, 0.4) is 0 Å². The molecule has 0 aliphatic rings. The van der Waals surface area contributed by atoms with Crippen LogP contribution < -0.4 is 5.32 Å². The molecule has 0 saturated heterocycles. The maximum Gasteiger partial charge on any atom is 0.0556 e. The molecule has 108 valence electrons. The number of hydrogen-bond donors (Lipinski definition) is 1. The predicted octanol–water partition coefficient (Wildman–Crippen LogP) is 3.95. The highest BCUT2D eigenvalue weighted by Gasteiger charge is 2.15. The molecule has 0 bridgehead atoms. The van der Waals surface area contributed by atoms with Crippen molar-refractivity contribution >= 4 is 15.9 Å². The van der Waals surface area contributed by atoms with Crippen molar-refractivity contribution in [2.75, 3.05) is 6.54 Å². The molecule has 1 unspecified atom stereocenters. The van der Waals surface area contributed by atoms with Gasteiger partial charge in [-0.3, -0.25) is 4.68 Å². The standard InChI is InChI=1S/C16H22BrN3/c1-3-10-20-16(8-9-19-20)15(18-4-2)12-13-6-5-7-14(17)11-13/h5-9,11,15,18H,3-4,10,12H2,1-2H3. The zero-order valence-electron chi connectivity index (χ0n) is 12.1. The number of likely N-dealkylation sites (N-methyl/N-ethyl adjacent to an activating group) is 1. The van der Waals surface area contributed by atoms with Gasteiger partial charge in [0.15, 0.2) is 0 Å². The molecule has 4 heteroatoms. The number of halogens is 1. The smallest absolute Gasteiger partial charge is 0.0556 e. The van der Waals surface area contributed by atoms with Crippen LogP contribution in [-0.4, -0.2) is 16.3 Å². The number of nitrogens with one attached hydrogen (secondary N) is 1. The second kappa shape index (κ2) is 7.60. The lowest BCUT2D eigenvalue weighted by atomic mass is 10.0. The normalized spacial score (nSPS) is 12.6. The zero-order valence-corrected chi connectivity index (χ0v) is 13.7. The maximum absolute atomic E-state index is 4.44. The molecule has 0 saturated carbocycles. The second-order valence-electron chi connectivity index (χ2n) is 4.92. The molecule has 1 aromatic carbocycles. The van der Waals surface area contributed by atoms with E-state index in [-0.39, 0.29) is 0 Å². The van der Waals surface area contributed by atoms with Gasteiger partial charge in [0.25, 0.3) is 0 Å². The van der Waals surface area contributed by atoms with Crippen LogP contribution in [-0.2, 0) is 13.0 Å². The van der Waals surface area contributed by atoms with Crippen molar-refractivity contribution in [3.8, 4) is 0 Å². The van der Waals surface area contributed by atoms with Gasteiger partial charge in [0.05, 0.1) is 11.7 Å². The van der Waals surface area contributed by atoms with Crippen LogP contribution in [0.1, 0.15) is 37.6 Å². The van der Waals surface area contributed by atoms with E-state index >= 15 is 0 Å². The van der Waals surface area contributed by atoms with Crippen molar-refractivity contribution < 1.29 is 0 Å². The molecule has 0 spiro atoms. The highest BCUT2D eigenvalue weighted by molar-refractivity contribution is 9.10. The molecule has 1 heterocycles. The van der Waals surface area contributed by atoms with Gasteiger partial charge in [0.1, 0.15) is 0 Å². The van der Waals surface area contributed by atoms with Gasteiger partial charge in [-0.2, -0.15) is 5.10 Å². The van der Waals surface area contributed by atoms with Crippen molar-refractivity contribution in [3.05, 3.63) is 52.3 Å². The Morgan fingerprint density at radius 1 is 1.30 bits per heavy atom. The maximum atomic E-state index is 4.44. The lowest BCUT2D eigenvalue weighted by Crippen LogP contribution is -2.25. The topological polar surface area (TPSA) is 29.9 Å². The first kappa shape index (κ1) is 15.3. The van der Waals surface area contributed by atoms with Crippen LogP contribution in [0.25, 0.3) is 0 Å². The summed E-state index contributed by atoms with van der Waals surface area (Å²) in [6.07, 6.45) is 3.98. The third-order valence-electron chi connectivity index (χ3n) is 3.32. The summed E-state index contributed by atoms with van der Waals surface area (Å²) >= 11 is 3.54. The van der Waals surface area contributed by atoms with Gasteiger partial charge in [-0.05, 0) is 43.1 Å². The van der Waals surface area contributed by atoms with Crippen LogP contribution in [0, 0.1) is 0 Å². The molecule has 0 fully saturated rings. The molecule has 3 nitrogen and oxygen atoms in total. The van der Waals surface area contributed by atoms with E-state index in [9.17, 15) is 0 Å². The van der Waals surface area contributed by atoms with E-state index in [0.29, 0.717) is 6.04 Å². The van der Waals surface area contributed by atoms with Gasteiger partial charge in [-0.1, -0.05) is 41.9 Å². The molecule has 0 aliphatic carbocycles. The molecule has 1 atom stereocenters. The summed E-state index contributed by atoms with van der Waals surface area (Å²) in [7, 11) is 0. The first-order valence-electron chi connectivity index (χ1n) is 7.24. The predicted molar refractivity (Wildman–Crippen MR) is 86.8 cm³/mol. The summed E-state index contributed by atoms with van der Waals surface area (Å²) in [5, 5.41) is 8.01. The minimum absolute atomic E-state index is 0.309. The fourth-order valence-corrected chi connectivity index (χ4v) is 2.91. The third kappa shape index (κ3) is 3.93. The quantitative estimate of drug-likeness (QED) is 0.830. The van der Waals surface area contributed by atoms with E-state index in [1.165, 1.54) is 11.3 Å². The van der Waals surface area contributed by atoms with Gasteiger partial charge < -0.3 is 5.32 Å². The Labute approximate surface area is 129 Å². The summed E-state index contributed by atoms with van der Waals surface area (Å²) in [6.45, 7) is 6.26. The Morgan fingerprint density at radius 2 is 2.15 bits per heavy atom. The van der Waals surface area contributed by atoms with E-state index in [2.05, 4.69) is 75.2 Å². The molecule has 1 aromatic heterocycles. The summed E-state index contributed by atoms with van der Waals surface area (Å²) in [6, 6.07) is 10.9. The average molecular weight is 336 g/mol. The van der Waals surface area contributed by atoms with Crippen LogP contribution in [0.5, 0.6) is 0 Å². The minimum atomic E-state index is 0.309. The molecule has 2 aromatic rings. The van der Waals surface area contributed by atoms with Crippen molar-refractivity contribution in [1.29, 1.82) is 0 Å². The first-order valence-corrected chi connectivity index (χ1v) is 8.03. The second-order valence-corrected chi connectivity index (χ2v) is 5.84. The molecule has 0 amide bonds. The van der Waals surface area contributed by atoms with Gasteiger partial charge in [-0.25, -0.2) is 0 Å². The van der Waals surface area contributed by atoms with Crippen molar-refractivity contribution in [2.45, 2.75) is 39.3 Å². The average Bonchev–Trinajstić information content (AvgIpc) is 2.87. The molecule has 2 rings (SSSR count). The summed E-state index contributed by atoms with van der Waals surface area (Å²) in [4.78, 5) is 0. The van der Waals surface area contributed by atoms with E-state index < -0.39 is 0 Å². The highest BCUT2D eigenvalue weighted by atomic mass is 79.9. The molecule has 20 heavy (non-hydrogen) atoms. The summed E-state index contributed by atoms with van der Waals surface area (Å²) < 4.78 is 3.25. The van der Waals surface area contributed by atoms with Crippen molar-refractivity contribution in [3.63, 3.8) is 0 Å². The monoisotopic (exact) mass is 335 g/mol. The third-order valence-corrected chi connectivity index (χ3v) is 3.81. The largest absolute Gasteiger partial charge is 0.309 e. The minimum Gasteiger partial charge on any atom is -0.309 e. The van der Waals surface area contributed by atoms with E-state index in [1.807, 2.05) is 6.20 Å². The Kier molecular flexibility index (Phi) is 5.80. The van der Waals surface area contributed by atoms with E-state index in [4.69, 9.17) is 0 Å². The van der Waals surface area contributed by atoms with E-state index in [1.54, 1.807) is 0 Å². The molecular weight excluding hydrogens is 314 g/mol. The number of benzene rings is 1. The molecular formula is C16H22BrN3. The lowest BCUT2D eigenvalue weighted by molar-refractivity contribution is 0.478. The number of rotatable bonds is 7. The highest BCUT2D eigenvalue weighted by Crippen LogP contribution is 2.21. The van der Waals surface area contributed by atoms with Gasteiger partial charge in [-0.15, -0.1) is 0 Å². The van der Waals surface area contributed by atoms with Crippen LogP contribution in [0.2, 0.25) is 0 Å². The fraction of sp³-hybridized carbons (Fsp3) is 0.438. The lowest BCUT2D eigenvalue weighted by Gasteiger charge is -2.19. The Hall–Kier alpha value is -1.13. The Morgan fingerprint density at radius 3 is 2.85 bits per heavy atom. The van der Waals surface area contributed by atoms with Crippen molar-refractivity contribution in [2.24, 2.45) is 0 Å². The van der Waals surface area contributed by atoms with Crippen LogP contribution >= 0.6 is 15.9 Å². The number of aryl methyl sites for hydroxylation is 1. The molecule has 0 aliphatic heterocycles. The van der Waals surface area contributed by atoms with Crippen LogP contribution in [0.15, 0.2) is 41.0 Å². The van der Waals surface area contributed by atoms with Gasteiger partial charge in [0.2, 0.25) is 0 Å². The van der Waals surface area contributed by atoms with Crippen LogP contribution in [0.4, 0.5) is 0 Å². The summed E-state index contributed by atoms with van der Waals surface area (Å²) in [5.41, 5.74) is 2.60. The van der Waals surface area contributed by atoms with Crippen molar-refractivity contribution in [1.82, 2.24) is 15.1 Å². The van der Waals surface area contributed by atoms with Gasteiger partial charge in [0, 0.05) is 17.2 Å². The number of nitrogens with zero attached hydrogens (tertiary/aromatic N) is 2. The molecule has 0 radical (unpaired) electrons. The number of aromatic nitrogens is 2. The molecule has 1 N–H and O–H groups in total.